The van der Waals surface area contributed by atoms with Crippen molar-refractivity contribution in [2.75, 3.05) is 5.73 Å². The number of hydrogen-bond donors (Lipinski definition) is 1. The quantitative estimate of drug-likeness (QED) is 0.942. The standard InChI is InChI=1S/C11H14BrN3S/c1-7(2)10(9-4-3-5-16-9)15-11(13)8(12)6-14-15/h3-7,10H,13H2,1-2H3. The Morgan fingerprint density at radius 3 is 2.69 bits per heavy atom. The van der Waals surface area contributed by atoms with Crippen molar-refractivity contribution in [1.82, 2.24) is 9.78 Å². The fourth-order valence-electron chi connectivity index (χ4n) is 1.76. The molecule has 0 aliphatic heterocycles. The summed E-state index contributed by atoms with van der Waals surface area (Å²) in [5.74, 6) is 1.14. The number of aromatic nitrogens is 2. The van der Waals surface area contributed by atoms with Crippen molar-refractivity contribution in [2.45, 2.75) is 19.9 Å². The lowest BCUT2D eigenvalue weighted by molar-refractivity contribution is 0.413. The Labute approximate surface area is 107 Å². The molecule has 2 aromatic heterocycles. The van der Waals surface area contributed by atoms with Gasteiger partial charge in [0.15, 0.2) is 0 Å². The van der Waals surface area contributed by atoms with Gasteiger partial charge in [-0.25, -0.2) is 4.68 Å². The van der Waals surface area contributed by atoms with Crippen molar-refractivity contribution in [2.24, 2.45) is 5.92 Å². The van der Waals surface area contributed by atoms with Crippen LogP contribution in [0.1, 0.15) is 24.8 Å². The molecular weight excluding hydrogens is 286 g/mol. The zero-order valence-corrected chi connectivity index (χ0v) is 11.6. The summed E-state index contributed by atoms with van der Waals surface area (Å²) in [6, 6.07) is 4.40. The highest BCUT2D eigenvalue weighted by molar-refractivity contribution is 9.10. The van der Waals surface area contributed by atoms with Crippen LogP contribution < -0.4 is 5.73 Å². The van der Waals surface area contributed by atoms with Crippen LogP contribution in [0, 0.1) is 5.92 Å². The molecule has 1 unspecified atom stereocenters. The van der Waals surface area contributed by atoms with E-state index in [0.29, 0.717) is 11.7 Å². The number of hydrogen-bond acceptors (Lipinski definition) is 3. The molecule has 2 rings (SSSR count). The van der Waals surface area contributed by atoms with E-state index in [4.69, 9.17) is 5.73 Å². The molecular formula is C11H14BrN3S. The van der Waals surface area contributed by atoms with Gasteiger partial charge in [-0.1, -0.05) is 19.9 Å². The maximum Gasteiger partial charge on any atom is 0.136 e. The van der Waals surface area contributed by atoms with Gasteiger partial charge in [-0.3, -0.25) is 0 Å². The molecule has 0 saturated carbocycles. The first-order valence-electron chi connectivity index (χ1n) is 5.13. The molecule has 0 radical (unpaired) electrons. The number of rotatable bonds is 3. The molecule has 0 bridgehead atoms. The Morgan fingerprint density at radius 1 is 1.50 bits per heavy atom. The molecule has 1 atom stereocenters. The Bertz CT molecular complexity index is 462. The molecule has 3 nitrogen and oxygen atoms in total. The molecule has 0 fully saturated rings. The largest absolute Gasteiger partial charge is 0.383 e. The van der Waals surface area contributed by atoms with Crippen LogP contribution in [0.3, 0.4) is 0 Å². The first-order chi connectivity index (χ1) is 7.61. The van der Waals surface area contributed by atoms with Crippen molar-refractivity contribution < 1.29 is 0 Å². The van der Waals surface area contributed by atoms with Crippen molar-refractivity contribution in [3.63, 3.8) is 0 Å². The summed E-state index contributed by atoms with van der Waals surface area (Å²) in [6.45, 7) is 4.36. The predicted molar refractivity (Wildman–Crippen MR) is 71.6 cm³/mol. The monoisotopic (exact) mass is 299 g/mol. The van der Waals surface area contributed by atoms with Crippen LogP contribution in [0.2, 0.25) is 0 Å². The minimum atomic E-state index is 0.214. The lowest BCUT2D eigenvalue weighted by atomic mass is 10.0. The maximum absolute atomic E-state index is 6.01. The van der Waals surface area contributed by atoms with Crippen LogP contribution in [0.4, 0.5) is 5.82 Å². The average molecular weight is 300 g/mol. The SMILES string of the molecule is CC(C)C(c1cccs1)n1ncc(Br)c1N. The molecule has 2 N–H and O–H groups in total. The summed E-state index contributed by atoms with van der Waals surface area (Å²) < 4.78 is 2.75. The summed E-state index contributed by atoms with van der Waals surface area (Å²) in [5, 5.41) is 6.43. The molecule has 16 heavy (non-hydrogen) atoms. The van der Waals surface area contributed by atoms with E-state index in [-0.39, 0.29) is 6.04 Å². The molecule has 0 amide bonds. The molecule has 2 heterocycles. The normalized spacial score (nSPS) is 13.2. The van der Waals surface area contributed by atoms with E-state index in [1.165, 1.54) is 4.88 Å². The molecule has 0 saturated heterocycles. The van der Waals surface area contributed by atoms with Crippen LogP contribution in [-0.4, -0.2) is 9.78 Å². The Kier molecular flexibility index (Phi) is 3.35. The Morgan fingerprint density at radius 2 is 2.25 bits per heavy atom. The van der Waals surface area contributed by atoms with Crippen LogP contribution in [0.5, 0.6) is 0 Å². The van der Waals surface area contributed by atoms with Gasteiger partial charge in [-0.2, -0.15) is 5.10 Å². The third kappa shape index (κ3) is 2.01. The average Bonchev–Trinajstić information content (AvgIpc) is 2.83. The topological polar surface area (TPSA) is 43.8 Å². The van der Waals surface area contributed by atoms with Gasteiger partial charge in [-0.15, -0.1) is 11.3 Å². The fraction of sp³-hybridized carbons (Fsp3) is 0.364. The number of nitrogens with two attached hydrogens (primary N) is 1. The minimum absolute atomic E-state index is 0.214. The second kappa shape index (κ2) is 4.59. The third-order valence-electron chi connectivity index (χ3n) is 2.52. The van der Waals surface area contributed by atoms with Crippen molar-refractivity contribution in [1.29, 1.82) is 0 Å². The maximum atomic E-state index is 6.01. The molecule has 2 aromatic rings. The van der Waals surface area contributed by atoms with E-state index < -0.39 is 0 Å². The second-order valence-corrected chi connectivity index (χ2v) is 5.86. The van der Waals surface area contributed by atoms with Gasteiger partial charge in [-0.05, 0) is 33.3 Å². The van der Waals surface area contributed by atoms with Gasteiger partial charge in [0.1, 0.15) is 5.82 Å². The van der Waals surface area contributed by atoms with Gasteiger partial charge in [0.25, 0.3) is 0 Å². The van der Waals surface area contributed by atoms with Gasteiger partial charge in [0.05, 0.1) is 16.7 Å². The zero-order valence-electron chi connectivity index (χ0n) is 9.22. The number of nitrogens with zero attached hydrogens (tertiary/aromatic N) is 2. The van der Waals surface area contributed by atoms with Crippen molar-refractivity contribution in [3.8, 4) is 0 Å². The van der Waals surface area contributed by atoms with Gasteiger partial charge < -0.3 is 5.73 Å². The van der Waals surface area contributed by atoms with E-state index in [0.717, 1.165) is 4.47 Å². The summed E-state index contributed by atoms with van der Waals surface area (Å²) in [5.41, 5.74) is 6.01. The summed E-state index contributed by atoms with van der Waals surface area (Å²) in [6.07, 6.45) is 1.75. The van der Waals surface area contributed by atoms with E-state index in [1.54, 1.807) is 17.5 Å². The molecule has 0 aliphatic carbocycles. The Hall–Kier alpha value is -0.810. The molecule has 0 aliphatic rings. The van der Waals surface area contributed by atoms with Crippen LogP contribution in [0.25, 0.3) is 0 Å². The van der Waals surface area contributed by atoms with E-state index in [2.05, 4.69) is 52.4 Å². The van der Waals surface area contributed by atoms with E-state index in [1.807, 2.05) is 4.68 Å². The highest BCUT2D eigenvalue weighted by atomic mass is 79.9. The highest BCUT2D eigenvalue weighted by Crippen LogP contribution is 2.33. The second-order valence-electron chi connectivity index (χ2n) is 4.03. The first-order valence-corrected chi connectivity index (χ1v) is 6.80. The minimum Gasteiger partial charge on any atom is -0.383 e. The lowest BCUT2D eigenvalue weighted by Gasteiger charge is -2.21. The number of nitrogen functional groups attached to an aromatic ring is 1. The van der Waals surface area contributed by atoms with E-state index >= 15 is 0 Å². The van der Waals surface area contributed by atoms with Crippen LogP contribution in [0.15, 0.2) is 28.2 Å². The zero-order chi connectivity index (χ0) is 11.7. The molecule has 0 spiro atoms. The van der Waals surface area contributed by atoms with Crippen molar-refractivity contribution >= 4 is 33.1 Å². The van der Waals surface area contributed by atoms with Crippen LogP contribution >= 0.6 is 27.3 Å². The van der Waals surface area contributed by atoms with Crippen LogP contribution in [-0.2, 0) is 0 Å². The number of thiophene rings is 1. The highest BCUT2D eigenvalue weighted by Gasteiger charge is 2.22. The number of halogens is 1. The molecule has 0 aromatic carbocycles. The number of anilines is 1. The molecule has 86 valence electrons. The third-order valence-corrected chi connectivity index (χ3v) is 4.07. The predicted octanol–water partition coefficient (Wildman–Crippen LogP) is 3.53. The van der Waals surface area contributed by atoms with Crippen molar-refractivity contribution in [3.05, 3.63) is 33.1 Å². The summed E-state index contributed by atoms with van der Waals surface area (Å²) in [7, 11) is 0. The van der Waals surface area contributed by atoms with Gasteiger partial charge in [0, 0.05) is 4.88 Å². The Balaban J connectivity index is 2.45. The molecule has 5 heteroatoms. The fourth-order valence-corrected chi connectivity index (χ4v) is 3.02. The lowest BCUT2D eigenvalue weighted by Crippen LogP contribution is -2.18. The van der Waals surface area contributed by atoms with Gasteiger partial charge in [0.2, 0.25) is 0 Å². The first kappa shape index (κ1) is 11.7. The van der Waals surface area contributed by atoms with Gasteiger partial charge >= 0.3 is 0 Å². The summed E-state index contributed by atoms with van der Waals surface area (Å²) >= 11 is 5.13. The van der Waals surface area contributed by atoms with E-state index in [9.17, 15) is 0 Å². The summed E-state index contributed by atoms with van der Waals surface area (Å²) in [4.78, 5) is 1.29. The smallest absolute Gasteiger partial charge is 0.136 e.